The van der Waals surface area contributed by atoms with E-state index in [9.17, 15) is 14.7 Å². The Balaban J connectivity index is 1.64. The van der Waals surface area contributed by atoms with Crippen LogP contribution < -0.4 is 4.74 Å². The van der Waals surface area contributed by atoms with Gasteiger partial charge in [0.1, 0.15) is 11.9 Å². The van der Waals surface area contributed by atoms with Gasteiger partial charge in [0.15, 0.2) is 23.0 Å². The number of nitrogens with zero attached hydrogens (tertiary/aromatic N) is 1. The Morgan fingerprint density at radius 2 is 2.03 bits per heavy atom. The Morgan fingerprint density at radius 3 is 2.73 bits per heavy atom. The Morgan fingerprint density at radius 1 is 1.24 bits per heavy atom. The van der Waals surface area contributed by atoms with Crippen LogP contribution in [-0.4, -0.2) is 34.9 Å². The summed E-state index contributed by atoms with van der Waals surface area (Å²) in [5, 5.41) is 10.3. The number of phenolic OH excluding ortho intramolecular Hbond substituents is 1. The molecule has 0 spiro atoms. The average molecular weight is 516 g/mol. The molecule has 174 valence electrons. The first-order chi connectivity index (χ1) is 15.8. The molecule has 5 unspecified atom stereocenters. The van der Waals surface area contributed by atoms with Gasteiger partial charge >= 0.3 is 0 Å². The number of hydrogen-bond donors (Lipinski definition) is 1. The van der Waals surface area contributed by atoms with Crippen molar-refractivity contribution < 1.29 is 28.6 Å². The van der Waals surface area contributed by atoms with E-state index in [1.165, 1.54) is 7.11 Å². The lowest BCUT2D eigenvalue weighted by Crippen LogP contribution is -2.45. The van der Waals surface area contributed by atoms with Crippen molar-refractivity contribution in [2.24, 2.45) is 17.8 Å². The van der Waals surface area contributed by atoms with Gasteiger partial charge in [-0.1, -0.05) is 13.8 Å². The lowest BCUT2D eigenvalue weighted by Gasteiger charge is -2.41. The van der Waals surface area contributed by atoms with Crippen molar-refractivity contribution in [3.05, 3.63) is 57.7 Å². The number of benzene rings is 1. The van der Waals surface area contributed by atoms with E-state index in [0.29, 0.717) is 27.3 Å². The van der Waals surface area contributed by atoms with Crippen LogP contribution in [0.25, 0.3) is 0 Å². The highest BCUT2D eigenvalue weighted by atomic mass is 79.9. The van der Waals surface area contributed by atoms with E-state index in [1.807, 2.05) is 0 Å². The zero-order chi connectivity index (χ0) is 23.4. The van der Waals surface area contributed by atoms with Crippen LogP contribution in [0.4, 0.5) is 0 Å². The van der Waals surface area contributed by atoms with Gasteiger partial charge in [0.05, 0.1) is 41.9 Å². The first-order valence-electron chi connectivity index (χ1n) is 11.1. The number of amides is 1. The van der Waals surface area contributed by atoms with E-state index in [4.69, 9.17) is 13.9 Å². The summed E-state index contributed by atoms with van der Waals surface area (Å²) in [7, 11) is 1.46. The third-order valence-corrected chi connectivity index (χ3v) is 7.63. The number of hydrogen-bond acceptors (Lipinski definition) is 6. The fourth-order valence-electron chi connectivity index (χ4n) is 5.61. The van der Waals surface area contributed by atoms with Gasteiger partial charge in [0, 0.05) is 0 Å². The maximum atomic E-state index is 13.9. The highest BCUT2D eigenvalue weighted by Gasteiger charge is 2.54. The molecule has 1 aromatic heterocycles. The smallest absolute Gasteiger partial charge is 0.290 e. The molecule has 5 rings (SSSR count). The second-order valence-corrected chi connectivity index (χ2v) is 10.2. The van der Waals surface area contributed by atoms with Gasteiger partial charge in [-0.05, 0) is 70.4 Å². The first-order valence-corrected chi connectivity index (χ1v) is 11.9. The molecule has 3 heterocycles. The molecule has 3 aliphatic rings. The van der Waals surface area contributed by atoms with Crippen LogP contribution in [0.2, 0.25) is 0 Å². The van der Waals surface area contributed by atoms with Gasteiger partial charge in [-0.3, -0.25) is 9.59 Å². The van der Waals surface area contributed by atoms with Gasteiger partial charge < -0.3 is 23.9 Å². The van der Waals surface area contributed by atoms with Crippen LogP contribution in [0.1, 0.15) is 44.1 Å². The highest BCUT2D eigenvalue weighted by molar-refractivity contribution is 9.10. The van der Waals surface area contributed by atoms with Gasteiger partial charge in [-0.15, -0.1) is 0 Å². The lowest BCUT2D eigenvalue weighted by atomic mass is 9.70. The number of ether oxygens (including phenoxy) is 2. The molecule has 1 aromatic carbocycles. The lowest BCUT2D eigenvalue weighted by molar-refractivity contribution is -0.139. The summed E-state index contributed by atoms with van der Waals surface area (Å²) in [4.78, 5) is 29.1. The minimum Gasteiger partial charge on any atom is -0.503 e. The Hall–Kier alpha value is -2.74. The molecular formula is C25H26BrNO6. The van der Waals surface area contributed by atoms with E-state index >= 15 is 0 Å². The van der Waals surface area contributed by atoms with Crippen LogP contribution in [-0.2, 0) is 20.9 Å². The predicted octanol–water partition coefficient (Wildman–Crippen LogP) is 4.74. The van der Waals surface area contributed by atoms with E-state index in [2.05, 4.69) is 29.8 Å². The largest absolute Gasteiger partial charge is 0.503 e. The predicted molar refractivity (Wildman–Crippen MR) is 122 cm³/mol. The molecule has 1 amide bonds. The molecule has 2 aromatic rings. The van der Waals surface area contributed by atoms with Gasteiger partial charge in [-0.25, -0.2) is 0 Å². The molecule has 7 nitrogen and oxygen atoms in total. The molecule has 5 atom stereocenters. The first kappa shape index (κ1) is 22.1. The summed E-state index contributed by atoms with van der Waals surface area (Å²) in [5.41, 5.74) is 1.03. The summed E-state index contributed by atoms with van der Waals surface area (Å²) in [5.74, 6) is 0.921. The number of methoxy groups -OCH3 is 1. The molecule has 1 fully saturated rings. The Bertz CT molecular complexity index is 1140. The molecule has 0 saturated heterocycles. The molecule has 0 bridgehead atoms. The van der Waals surface area contributed by atoms with Crippen LogP contribution in [0, 0.1) is 17.8 Å². The summed E-state index contributed by atoms with van der Waals surface area (Å²) in [6.45, 7) is 4.43. The Labute approximate surface area is 200 Å². The number of fused-ring (bicyclic) bond motifs is 1. The number of rotatable bonds is 4. The number of aromatic hydroxyl groups is 1. The maximum Gasteiger partial charge on any atom is 0.290 e. The fraction of sp³-hybridized carbons (Fsp3) is 0.440. The quantitative estimate of drug-likeness (QED) is 0.632. The SMILES string of the molecule is COc1cc(C2C3=C(OC4C(C)CC(C)CC4C3=O)C(=O)N2Cc2ccco2)cc(Br)c1O. The van der Waals surface area contributed by atoms with Crippen molar-refractivity contribution in [1.29, 1.82) is 0 Å². The Kier molecular flexibility index (Phi) is 5.51. The minimum absolute atomic E-state index is 0.0249. The minimum atomic E-state index is -0.676. The van der Waals surface area contributed by atoms with Gasteiger partial charge in [0.2, 0.25) is 0 Å². The summed E-state index contributed by atoms with van der Waals surface area (Å²) >= 11 is 3.37. The molecule has 0 radical (unpaired) electrons. The normalized spacial score (nSPS) is 29.1. The maximum absolute atomic E-state index is 13.9. The van der Waals surface area contributed by atoms with Gasteiger partial charge in [0.25, 0.3) is 5.91 Å². The van der Waals surface area contributed by atoms with Crippen molar-refractivity contribution in [1.82, 2.24) is 4.90 Å². The summed E-state index contributed by atoms with van der Waals surface area (Å²) in [6.07, 6.45) is 2.97. The van der Waals surface area contributed by atoms with Crippen molar-refractivity contribution >= 4 is 27.6 Å². The standard InChI is InChI=1S/C25H26BrNO6/c1-12-7-13(2)23-16(8-12)21(28)19-20(14-9-17(26)22(29)18(10-14)31-3)27(25(30)24(19)33-23)11-15-5-4-6-32-15/h4-6,9-10,12-13,16,20,23,29H,7-8,11H2,1-3H3. The number of carbonyl (C=O) groups is 2. The molecule has 1 N–H and O–H groups in total. The summed E-state index contributed by atoms with van der Waals surface area (Å²) in [6, 6.07) is 6.25. The second kappa shape index (κ2) is 8.24. The van der Waals surface area contributed by atoms with E-state index < -0.39 is 6.04 Å². The number of phenols is 1. The molecule has 1 saturated carbocycles. The molecule has 2 aliphatic heterocycles. The third kappa shape index (κ3) is 3.55. The summed E-state index contributed by atoms with van der Waals surface area (Å²) < 4.78 is 17.6. The monoisotopic (exact) mass is 515 g/mol. The fourth-order valence-corrected chi connectivity index (χ4v) is 6.07. The third-order valence-electron chi connectivity index (χ3n) is 7.02. The highest BCUT2D eigenvalue weighted by Crippen LogP contribution is 2.50. The number of furan rings is 1. The number of carbonyl (C=O) groups excluding carboxylic acids is 2. The van der Waals surface area contributed by atoms with E-state index in [-0.39, 0.29) is 53.4 Å². The van der Waals surface area contributed by atoms with Crippen LogP contribution in [0.5, 0.6) is 11.5 Å². The number of halogens is 1. The average Bonchev–Trinajstić information content (AvgIpc) is 3.38. The van der Waals surface area contributed by atoms with Crippen LogP contribution in [0.3, 0.4) is 0 Å². The zero-order valence-corrected chi connectivity index (χ0v) is 20.3. The van der Waals surface area contributed by atoms with Crippen molar-refractivity contribution in [3.8, 4) is 11.5 Å². The second-order valence-electron chi connectivity index (χ2n) is 9.32. The van der Waals surface area contributed by atoms with Gasteiger partial charge in [-0.2, -0.15) is 0 Å². The van der Waals surface area contributed by atoms with Crippen molar-refractivity contribution in [2.75, 3.05) is 7.11 Å². The topological polar surface area (TPSA) is 89.2 Å². The van der Waals surface area contributed by atoms with E-state index in [0.717, 1.165) is 12.8 Å². The van der Waals surface area contributed by atoms with Crippen molar-refractivity contribution in [2.45, 2.75) is 45.4 Å². The van der Waals surface area contributed by atoms with Crippen LogP contribution in [0.15, 0.2) is 50.8 Å². The molecule has 8 heteroatoms. The molecule has 33 heavy (non-hydrogen) atoms. The zero-order valence-electron chi connectivity index (χ0n) is 18.7. The molecular weight excluding hydrogens is 490 g/mol. The van der Waals surface area contributed by atoms with Crippen LogP contribution >= 0.6 is 15.9 Å². The van der Waals surface area contributed by atoms with Crippen molar-refractivity contribution in [3.63, 3.8) is 0 Å². The molecule has 1 aliphatic carbocycles. The van der Waals surface area contributed by atoms with E-state index in [1.54, 1.807) is 35.4 Å². The number of Topliss-reactive ketones (excluding diaryl/α,β-unsaturated/α-hetero) is 1. The number of ketones is 1.